The van der Waals surface area contributed by atoms with Gasteiger partial charge in [-0.15, -0.1) is 0 Å². The van der Waals surface area contributed by atoms with Gasteiger partial charge in [0.15, 0.2) is 0 Å². The van der Waals surface area contributed by atoms with Crippen molar-refractivity contribution in [2.75, 3.05) is 6.61 Å². The number of aromatic nitrogens is 1. The van der Waals surface area contributed by atoms with Crippen molar-refractivity contribution in [2.24, 2.45) is 0 Å². The highest BCUT2D eigenvalue weighted by Crippen LogP contribution is 2.26. The van der Waals surface area contributed by atoms with Gasteiger partial charge in [-0.05, 0) is 53.1 Å². The monoisotopic (exact) mass is 265 g/mol. The Bertz CT molecular complexity index is 785. The van der Waals surface area contributed by atoms with E-state index in [4.69, 9.17) is 4.74 Å². The van der Waals surface area contributed by atoms with Crippen molar-refractivity contribution in [1.82, 2.24) is 4.98 Å². The third-order valence-corrected chi connectivity index (χ3v) is 3.24. The van der Waals surface area contributed by atoms with Gasteiger partial charge in [0.1, 0.15) is 5.75 Å². The number of hydrogen-bond donors (Lipinski definition) is 1. The SMILES string of the molecule is CCOc1ccc2cc(-c3ccc(=O)[nH]c3)ccc2c1. The van der Waals surface area contributed by atoms with Crippen molar-refractivity contribution in [2.45, 2.75) is 6.92 Å². The van der Waals surface area contributed by atoms with Crippen LogP contribution < -0.4 is 10.3 Å². The molecule has 0 radical (unpaired) electrons. The number of benzene rings is 2. The van der Waals surface area contributed by atoms with E-state index < -0.39 is 0 Å². The molecule has 3 nitrogen and oxygen atoms in total. The van der Waals surface area contributed by atoms with Crippen LogP contribution in [-0.4, -0.2) is 11.6 Å². The normalized spacial score (nSPS) is 10.7. The summed E-state index contributed by atoms with van der Waals surface area (Å²) < 4.78 is 5.50. The molecule has 1 heterocycles. The molecule has 2 aromatic carbocycles. The minimum absolute atomic E-state index is 0.0871. The zero-order valence-electron chi connectivity index (χ0n) is 11.2. The fourth-order valence-electron chi connectivity index (χ4n) is 2.25. The van der Waals surface area contributed by atoms with Crippen LogP contribution in [0.2, 0.25) is 0 Å². The Hall–Kier alpha value is -2.55. The van der Waals surface area contributed by atoms with Crippen molar-refractivity contribution < 1.29 is 4.74 Å². The molecular weight excluding hydrogens is 250 g/mol. The van der Waals surface area contributed by atoms with Crippen LogP contribution in [0, 0.1) is 0 Å². The molecule has 0 amide bonds. The Morgan fingerprint density at radius 2 is 1.70 bits per heavy atom. The van der Waals surface area contributed by atoms with Gasteiger partial charge in [0.2, 0.25) is 5.56 Å². The zero-order valence-corrected chi connectivity index (χ0v) is 11.2. The molecule has 0 saturated carbocycles. The first kappa shape index (κ1) is 12.5. The number of nitrogens with one attached hydrogen (secondary N) is 1. The number of H-pyrrole nitrogens is 1. The Labute approximate surface area is 116 Å². The number of pyridine rings is 1. The summed E-state index contributed by atoms with van der Waals surface area (Å²) in [4.78, 5) is 13.8. The van der Waals surface area contributed by atoms with Crippen LogP contribution in [0.15, 0.2) is 59.5 Å². The van der Waals surface area contributed by atoms with E-state index in [0.29, 0.717) is 6.61 Å². The van der Waals surface area contributed by atoms with Crippen LogP contribution in [0.25, 0.3) is 21.9 Å². The van der Waals surface area contributed by atoms with Gasteiger partial charge in [0.25, 0.3) is 0 Å². The summed E-state index contributed by atoms with van der Waals surface area (Å²) in [5.41, 5.74) is 1.99. The first-order chi connectivity index (χ1) is 9.76. The smallest absolute Gasteiger partial charge is 0.247 e. The van der Waals surface area contributed by atoms with Crippen molar-refractivity contribution in [1.29, 1.82) is 0 Å². The van der Waals surface area contributed by atoms with E-state index in [-0.39, 0.29) is 5.56 Å². The van der Waals surface area contributed by atoms with Crippen LogP contribution in [0.4, 0.5) is 0 Å². The minimum Gasteiger partial charge on any atom is -0.494 e. The Morgan fingerprint density at radius 1 is 0.950 bits per heavy atom. The fraction of sp³-hybridized carbons (Fsp3) is 0.118. The average Bonchev–Trinajstić information content (AvgIpc) is 2.48. The van der Waals surface area contributed by atoms with E-state index >= 15 is 0 Å². The first-order valence-corrected chi connectivity index (χ1v) is 6.62. The molecular formula is C17H15NO2. The van der Waals surface area contributed by atoms with Crippen molar-refractivity contribution in [3.8, 4) is 16.9 Å². The molecule has 0 saturated heterocycles. The lowest BCUT2D eigenvalue weighted by Crippen LogP contribution is -2.01. The predicted molar refractivity (Wildman–Crippen MR) is 81.2 cm³/mol. The molecule has 0 unspecified atom stereocenters. The molecule has 0 fully saturated rings. The highest BCUT2D eigenvalue weighted by atomic mass is 16.5. The molecule has 3 rings (SSSR count). The van der Waals surface area contributed by atoms with Gasteiger partial charge >= 0.3 is 0 Å². The van der Waals surface area contributed by atoms with E-state index in [1.54, 1.807) is 6.20 Å². The molecule has 0 atom stereocenters. The molecule has 0 spiro atoms. The second-order valence-electron chi connectivity index (χ2n) is 4.60. The average molecular weight is 265 g/mol. The predicted octanol–water partition coefficient (Wildman–Crippen LogP) is 3.59. The molecule has 100 valence electrons. The molecule has 3 heteroatoms. The quantitative estimate of drug-likeness (QED) is 0.786. The van der Waals surface area contributed by atoms with Crippen molar-refractivity contribution >= 4 is 10.8 Å². The second-order valence-corrected chi connectivity index (χ2v) is 4.60. The van der Waals surface area contributed by atoms with Crippen LogP contribution in [-0.2, 0) is 0 Å². The minimum atomic E-state index is -0.0871. The van der Waals surface area contributed by atoms with Gasteiger partial charge in [-0.3, -0.25) is 4.79 Å². The van der Waals surface area contributed by atoms with E-state index in [2.05, 4.69) is 23.2 Å². The maximum atomic E-state index is 11.1. The van der Waals surface area contributed by atoms with Gasteiger partial charge in [-0.1, -0.05) is 18.2 Å². The van der Waals surface area contributed by atoms with Crippen LogP contribution in [0.5, 0.6) is 5.75 Å². The third-order valence-electron chi connectivity index (χ3n) is 3.24. The van der Waals surface area contributed by atoms with Gasteiger partial charge in [0, 0.05) is 12.3 Å². The van der Waals surface area contributed by atoms with Crippen molar-refractivity contribution in [3.63, 3.8) is 0 Å². The zero-order chi connectivity index (χ0) is 13.9. The molecule has 20 heavy (non-hydrogen) atoms. The van der Waals surface area contributed by atoms with Crippen LogP contribution >= 0.6 is 0 Å². The number of ether oxygens (including phenoxy) is 1. The van der Waals surface area contributed by atoms with Gasteiger partial charge in [-0.2, -0.15) is 0 Å². The summed E-state index contributed by atoms with van der Waals surface area (Å²) in [7, 11) is 0. The van der Waals surface area contributed by atoms with Crippen LogP contribution in [0.1, 0.15) is 6.92 Å². The summed E-state index contributed by atoms with van der Waals surface area (Å²) in [6, 6.07) is 15.7. The third kappa shape index (κ3) is 2.43. The molecule has 0 aliphatic carbocycles. The molecule has 0 aliphatic rings. The lowest BCUT2D eigenvalue weighted by atomic mass is 10.0. The van der Waals surface area contributed by atoms with E-state index in [1.165, 1.54) is 6.07 Å². The Kier molecular flexibility index (Phi) is 3.25. The fourth-order valence-corrected chi connectivity index (χ4v) is 2.25. The maximum absolute atomic E-state index is 11.1. The topological polar surface area (TPSA) is 42.1 Å². The lowest BCUT2D eigenvalue weighted by Gasteiger charge is -2.07. The molecule has 0 aliphatic heterocycles. The molecule has 0 bridgehead atoms. The molecule has 1 aromatic heterocycles. The number of rotatable bonds is 3. The highest BCUT2D eigenvalue weighted by molar-refractivity contribution is 5.88. The van der Waals surface area contributed by atoms with Crippen molar-refractivity contribution in [3.05, 3.63) is 65.1 Å². The number of fused-ring (bicyclic) bond motifs is 1. The summed E-state index contributed by atoms with van der Waals surface area (Å²) in [6.07, 6.45) is 1.73. The Balaban J connectivity index is 2.04. The summed E-state index contributed by atoms with van der Waals surface area (Å²) in [5, 5.41) is 2.29. The highest BCUT2D eigenvalue weighted by Gasteiger charge is 2.01. The summed E-state index contributed by atoms with van der Waals surface area (Å²) >= 11 is 0. The Morgan fingerprint density at radius 3 is 2.45 bits per heavy atom. The molecule has 3 aromatic rings. The molecule has 1 N–H and O–H groups in total. The maximum Gasteiger partial charge on any atom is 0.247 e. The van der Waals surface area contributed by atoms with Gasteiger partial charge in [-0.25, -0.2) is 0 Å². The summed E-state index contributed by atoms with van der Waals surface area (Å²) in [6.45, 7) is 2.64. The van der Waals surface area contributed by atoms with E-state index in [1.807, 2.05) is 31.2 Å². The standard InChI is InChI=1S/C17H15NO2/c1-2-20-16-7-5-12-9-13(3-4-14(12)10-16)15-6-8-17(19)18-11-15/h3-11H,2H2,1H3,(H,18,19). The first-order valence-electron chi connectivity index (χ1n) is 6.62. The number of aromatic amines is 1. The van der Waals surface area contributed by atoms with Crippen LogP contribution in [0.3, 0.4) is 0 Å². The van der Waals surface area contributed by atoms with E-state index in [9.17, 15) is 4.79 Å². The lowest BCUT2D eigenvalue weighted by molar-refractivity contribution is 0.341. The largest absolute Gasteiger partial charge is 0.494 e. The van der Waals surface area contributed by atoms with Gasteiger partial charge < -0.3 is 9.72 Å². The van der Waals surface area contributed by atoms with Gasteiger partial charge in [0.05, 0.1) is 6.61 Å². The number of hydrogen-bond acceptors (Lipinski definition) is 2. The van der Waals surface area contributed by atoms with E-state index in [0.717, 1.165) is 27.6 Å². The second kappa shape index (κ2) is 5.21. The summed E-state index contributed by atoms with van der Waals surface area (Å²) in [5.74, 6) is 0.886.